The molecule has 0 radical (unpaired) electrons. The Hall–Kier alpha value is -2.60. The summed E-state index contributed by atoms with van der Waals surface area (Å²) in [5.74, 6) is -0.223. The zero-order chi connectivity index (χ0) is 19.1. The van der Waals surface area contributed by atoms with E-state index in [1.54, 1.807) is 12.3 Å². The van der Waals surface area contributed by atoms with Gasteiger partial charge in [-0.05, 0) is 49.6 Å². The van der Waals surface area contributed by atoms with Crippen molar-refractivity contribution in [2.45, 2.75) is 32.1 Å². The van der Waals surface area contributed by atoms with Crippen molar-refractivity contribution in [3.63, 3.8) is 0 Å². The molecule has 0 unspecified atom stereocenters. The second kappa shape index (κ2) is 6.61. The summed E-state index contributed by atoms with van der Waals surface area (Å²) in [4.78, 5) is 12.7. The number of anilines is 1. The monoisotopic (exact) mass is 371 g/mol. The number of carbonyl (C=O) groups excluding carboxylic acids is 1. The highest BCUT2D eigenvalue weighted by atomic mass is 32.2. The van der Waals surface area contributed by atoms with Gasteiger partial charge < -0.3 is 9.73 Å². The highest BCUT2D eigenvalue weighted by Gasteiger charge is 2.15. The van der Waals surface area contributed by atoms with Gasteiger partial charge in [0.25, 0.3) is 0 Å². The van der Waals surface area contributed by atoms with Crippen LogP contribution in [0.4, 0.5) is 5.69 Å². The zero-order valence-electron chi connectivity index (χ0n) is 15.2. The van der Waals surface area contributed by atoms with Crippen molar-refractivity contribution in [3.05, 3.63) is 58.8 Å². The lowest BCUT2D eigenvalue weighted by atomic mass is 10.0. The van der Waals surface area contributed by atoms with E-state index in [0.717, 1.165) is 39.5 Å². The number of benzene rings is 2. The van der Waals surface area contributed by atoms with Crippen LogP contribution in [-0.4, -0.2) is 20.6 Å². The van der Waals surface area contributed by atoms with Crippen LogP contribution in [0.25, 0.3) is 11.0 Å². The van der Waals surface area contributed by atoms with Gasteiger partial charge in [-0.25, -0.2) is 8.42 Å². The van der Waals surface area contributed by atoms with Crippen molar-refractivity contribution < 1.29 is 17.6 Å². The van der Waals surface area contributed by atoms with Gasteiger partial charge in [-0.3, -0.25) is 4.79 Å². The topological polar surface area (TPSA) is 76.4 Å². The molecule has 0 aliphatic carbocycles. The van der Waals surface area contributed by atoms with Gasteiger partial charge in [0.05, 0.1) is 17.6 Å². The molecule has 0 saturated heterocycles. The molecular weight excluding hydrogens is 350 g/mol. The number of aryl methyl sites for hydroxylation is 3. The predicted octanol–water partition coefficient (Wildman–Crippen LogP) is 3.94. The largest absolute Gasteiger partial charge is 0.464 e. The van der Waals surface area contributed by atoms with E-state index in [-0.39, 0.29) is 17.2 Å². The van der Waals surface area contributed by atoms with Gasteiger partial charge in [-0.2, -0.15) is 0 Å². The van der Waals surface area contributed by atoms with Gasteiger partial charge in [0, 0.05) is 22.9 Å². The third-order valence-corrected chi connectivity index (χ3v) is 5.71. The Morgan fingerprint density at radius 3 is 2.46 bits per heavy atom. The van der Waals surface area contributed by atoms with E-state index < -0.39 is 9.84 Å². The second-order valence-electron chi connectivity index (χ2n) is 6.62. The first-order valence-electron chi connectivity index (χ1n) is 8.23. The van der Waals surface area contributed by atoms with Gasteiger partial charge in [-0.15, -0.1) is 0 Å². The van der Waals surface area contributed by atoms with Crippen LogP contribution in [0.2, 0.25) is 0 Å². The lowest BCUT2D eigenvalue weighted by molar-refractivity contribution is -0.115. The third-order valence-electron chi connectivity index (χ3n) is 4.60. The first-order chi connectivity index (χ1) is 12.2. The maximum atomic E-state index is 12.5. The Kier molecular flexibility index (Phi) is 4.63. The van der Waals surface area contributed by atoms with Crippen molar-refractivity contribution in [3.8, 4) is 0 Å². The summed E-state index contributed by atoms with van der Waals surface area (Å²) < 4.78 is 29.1. The molecule has 3 aromatic rings. The smallest absolute Gasteiger partial charge is 0.228 e. The molecular formula is C20H21NO4S. The van der Waals surface area contributed by atoms with Crippen LogP contribution in [0.15, 0.2) is 45.9 Å². The molecule has 5 nitrogen and oxygen atoms in total. The molecule has 0 fully saturated rings. The number of hydrogen-bond donors (Lipinski definition) is 1. The first kappa shape index (κ1) is 18.2. The maximum Gasteiger partial charge on any atom is 0.228 e. The molecule has 0 saturated carbocycles. The Morgan fingerprint density at radius 2 is 1.77 bits per heavy atom. The summed E-state index contributed by atoms with van der Waals surface area (Å²) in [6, 6.07) is 8.68. The molecule has 3 rings (SSSR count). The number of amides is 1. The summed E-state index contributed by atoms with van der Waals surface area (Å²) in [7, 11) is -3.33. The Balaban J connectivity index is 1.85. The molecule has 0 spiro atoms. The number of hydrogen-bond acceptors (Lipinski definition) is 4. The van der Waals surface area contributed by atoms with E-state index in [1.807, 2.05) is 32.9 Å². The number of nitrogens with one attached hydrogen (secondary N) is 1. The minimum absolute atomic E-state index is 0.151. The van der Waals surface area contributed by atoms with Crippen LogP contribution in [0.3, 0.4) is 0 Å². The van der Waals surface area contributed by atoms with Crippen LogP contribution < -0.4 is 5.32 Å². The molecule has 136 valence electrons. The molecule has 1 aromatic heterocycles. The normalized spacial score (nSPS) is 11.7. The van der Waals surface area contributed by atoms with Crippen molar-refractivity contribution in [1.82, 2.24) is 0 Å². The van der Waals surface area contributed by atoms with Gasteiger partial charge >= 0.3 is 0 Å². The fourth-order valence-corrected chi connectivity index (χ4v) is 3.51. The molecule has 2 aromatic carbocycles. The molecule has 0 bridgehead atoms. The summed E-state index contributed by atoms with van der Waals surface area (Å²) in [5, 5.41) is 3.73. The van der Waals surface area contributed by atoms with E-state index in [1.165, 1.54) is 12.1 Å². The average Bonchev–Trinajstić information content (AvgIpc) is 2.95. The average molecular weight is 371 g/mol. The van der Waals surface area contributed by atoms with Crippen LogP contribution in [0, 0.1) is 20.8 Å². The van der Waals surface area contributed by atoms with Crippen molar-refractivity contribution in [2.24, 2.45) is 0 Å². The van der Waals surface area contributed by atoms with E-state index in [9.17, 15) is 13.2 Å². The number of carbonyl (C=O) groups is 1. The highest BCUT2D eigenvalue weighted by Crippen LogP contribution is 2.27. The van der Waals surface area contributed by atoms with Crippen molar-refractivity contribution in [2.75, 3.05) is 11.6 Å². The Bertz CT molecular complexity index is 1110. The molecule has 0 atom stereocenters. The maximum absolute atomic E-state index is 12.5. The Labute approximate surface area is 152 Å². The van der Waals surface area contributed by atoms with Crippen LogP contribution in [0.5, 0.6) is 0 Å². The third kappa shape index (κ3) is 3.51. The molecule has 26 heavy (non-hydrogen) atoms. The van der Waals surface area contributed by atoms with E-state index in [2.05, 4.69) is 5.32 Å². The number of furan rings is 1. The van der Waals surface area contributed by atoms with E-state index in [0.29, 0.717) is 5.69 Å². The minimum Gasteiger partial charge on any atom is -0.464 e. The number of fused-ring (bicyclic) bond motifs is 1. The van der Waals surface area contributed by atoms with Gasteiger partial charge in [0.1, 0.15) is 5.58 Å². The van der Waals surface area contributed by atoms with Crippen LogP contribution in [0.1, 0.15) is 22.3 Å². The molecule has 1 N–H and O–H groups in total. The molecule has 1 amide bonds. The van der Waals surface area contributed by atoms with E-state index in [4.69, 9.17) is 4.42 Å². The van der Waals surface area contributed by atoms with Crippen molar-refractivity contribution >= 4 is 32.4 Å². The molecule has 1 heterocycles. The number of rotatable bonds is 4. The van der Waals surface area contributed by atoms with E-state index >= 15 is 0 Å². The quantitative estimate of drug-likeness (QED) is 0.753. The van der Waals surface area contributed by atoms with Crippen molar-refractivity contribution in [1.29, 1.82) is 0 Å². The molecule has 6 heteroatoms. The minimum atomic E-state index is -3.33. The zero-order valence-corrected chi connectivity index (χ0v) is 16.0. The van der Waals surface area contributed by atoms with Gasteiger partial charge in [0.15, 0.2) is 9.84 Å². The first-order valence-corrected chi connectivity index (χ1v) is 10.1. The summed E-state index contributed by atoms with van der Waals surface area (Å²) in [6.07, 6.45) is 2.90. The lowest BCUT2D eigenvalue weighted by Crippen LogP contribution is -2.15. The Morgan fingerprint density at radius 1 is 1.08 bits per heavy atom. The second-order valence-corrected chi connectivity index (χ2v) is 8.63. The fraction of sp³-hybridized carbons (Fsp3) is 0.250. The summed E-state index contributed by atoms with van der Waals surface area (Å²) in [6.45, 7) is 5.83. The number of sulfone groups is 1. The summed E-state index contributed by atoms with van der Waals surface area (Å²) >= 11 is 0. The highest BCUT2D eigenvalue weighted by molar-refractivity contribution is 7.90. The molecule has 0 aliphatic rings. The van der Waals surface area contributed by atoms with Crippen LogP contribution >= 0.6 is 0 Å². The summed E-state index contributed by atoms with van der Waals surface area (Å²) in [5.41, 5.74) is 5.09. The van der Waals surface area contributed by atoms with Crippen LogP contribution in [-0.2, 0) is 21.1 Å². The fourth-order valence-electron chi connectivity index (χ4n) is 2.86. The van der Waals surface area contributed by atoms with Gasteiger partial charge in [0.2, 0.25) is 5.91 Å². The lowest BCUT2D eigenvalue weighted by Gasteiger charge is -2.10. The molecule has 0 aliphatic heterocycles. The standard InChI is InChI=1S/C20H21NO4S/c1-12-6-8-17-15(11-25-20(17)14(12)3)9-19(22)21-18-10-16(26(4,23)24)7-5-13(18)2/h5-8,10-11H,9H2,1-4H3,(H,21,22). The predicted molar refractivity (Wildman–Crippen MR) is 102 cm³/mol. The SMILES string of the molecule is Cc1ccc(S(C)(=O)=O)cc1NC(=O)Cc1coc2c(C)c(C)ccc12. The van der Waals surface area contributed by atoms with Gasteiger partial charge in [-0.1, -0.05) is 18.2 Å².